The summed E-state index contributed by atoms with van der Waals surface area (Å²) in [5, 5.41) is 3.06. The van der Waals surface area contributed by atoms with Crippen LogP contribution in [0.4, 0.5) is 0 Å². The number of carbonyl (C=O) groups excluding carboxylic acids is 1. The van der Waals surface area contributed by atoms with Crippen LogP contribution in [0.3, 0.4) is 0 Å². The van der Waals surface area contributed by atoms with Crippen molar-refractivity contribution in [3.63, 3.8) is 0 Å². The SMILES string of the molecule is C=CC1CC(C=C)C2CC(C(=O)NCCCCC)=CC12. The molecule has 0 aromatic heterocycles. The highest BCUT2D eigenvalue weighted by atomic mass is 16.1. The first-order chi connectivity index (χ1) is 9.71. The minimum Gasteiger partial charge on any atom is -0.352 e. The van der Waals surface area contributed by atoms with Crippen LogP contribution in [0.5, 0.6) is 0 Å². The van der Waals surface area contributed by atoms with Crippen LogP contribution in [0.25, 0.3) is 0 Å². The summed E-state index contributed by atoms with van der Waals surface area (Å²) in [6.07, 6.45) is 11.8. The number of amides is 1. The van der Waals surface area contributed by atoms with Crippen LogP contribution in [-0.2, 0) is 4.79 Å². The zero-order valence-electron chi connectivity index (χ0n) is 12.6. The second kappa shape index (κ2) is 6.92. The Bertz CT molecular complexity index is 410. The van der Waals surface area contributed by atoms with E-state index in [1.165, 1.54) is 12.8 Å². The van der Waals surface area contributed by atoms with Crippen molar-refractivity contribution < 1.29 is 4.79 Å². The second-order valence-corrected chi connectivity index (χ2v) is 6.14. The Kier molecular flexibility index (Phi) is 5.22. The third-order valence-corrected chi connectivity index (χ3v) is 4.90. The molecule has 1 N–H and O–H groups in total. The van der Waals surface area contributed by atoms with Gasteiger partial charge in [0.15, 0.2) is 0 Å². The maximum Gasteiger partial charge on any atom is 0.246 e. The zero-order valence-corrected chi connectivity index (χ0v) is 12.6. The zero-order chi connectivity index (χ0) is 14.5. The number of fused-ring (bicyclic) bond motifs is 1. The lowest BCUT2D eigenvalue weighted by molar-refractivity contribution is -0.117. The number of hydrogen-bond donors (Lipinski definition) is 1. The molecule has 4 unspecified atom stereocenters. The van der Waals surface area contributed by atoms with Crippen molar-refractivity contribution in [2.45, 2.75) is 39.0 Å². The molecule has 1 fully saturated rings. The number of rotatable bonds is 7. The Morgan fingerprint density at radius 2 is 2.10 bits per heavy atom. The predicted molar refractivity (Wildman–Crippen MR) is 84.2 cm³/mol. The lowest BCUT2D eigenvalue weighted by Crippen LogP contribution is -2.26. The van der Waals surface area contributed by atoms with E-state index in [9.17, 15) is 4.79 Å². The number of hydrogen-bond acceptors (Lipinski definition) is 1. The van der Waals surface area contributed by atoms with E-state index in [1.807, 2.05) is 0 Å². The van der Waals surface area contributed by atoms with Gasteiger partial charge in [-0.2, -0.15) is 0 Å². The van der Waals surface area contributed by atoms with Crippen molar-refractivity contribution in [3.8, 4) is 0 Å². The Labute approximate surface area is 123 Å². The maximum absolute atomic E-state index is 12.2. The van der Waals surface area contributed by atoms with E-state index in [2.05, 4.69) is 43.6 Å². The Hall–Kier alpha value is -1.31. The predicted octanol–water partition coefficient (Wildman–Crippen LogP) is 3.86. The van der Waals surface area contributed by atoms with Gasteiger partial charge in [-0.05, 0) is 42.9 Å². The molecular weight excluding hydrogens is 246 g/mol. The average molecular weight is 273 g/mol. The van der Waals surface area contributed by atoms with Crippen LogP contribution in [0, 0.1) is 23.7 Å². The molecule has 0 radical (unpaired) electrons. The molecule has 2 aliphatic carbocycles. The van der Waals surface area contributed by atoms with Crippen LogP contribution in [0.1, 0.15) is 39.0 Å². The van der Waals surface area contributed by atoms with Gasteiger partial charge < -0.3 is 5.32 Å². The Balaban J connectivity index is 1.93. The van der Waals surface area contributed by atoms with E-state index in [0.29, 0.717) is 23.7 Å². The van der Waals surface area contributed by atoms with E-state index in [1.54, 1.807) is 0 Å². The van der Waals surface area contributed by atoms with Gasteiger partial charge in [-0.15, -0.1) is 13.2 Å². The third kappa shape index (κ3) is 3.05. The van der Waals surface area contributed by atoms with Crippen molar-refractivity contribution in [2.75, 3.05) is 6.54 Å². The molecule has 110 valence electrons. The molecule has 0 bridgehead atoms. The molecule has 0 spiro atoms. The molecule has 0 aromatic carbocycles. The van der Waals surface area contributed by atoms with Gasteiger partial charge in [0, 0.05) is 12.1 Å². The summed E-state index contributed by atoms with van der Waals surface area (Å²) in [4.78, 5) is 12.2. The fraction of sp³-hybridized carbons (Fsp3) is 0.611. The molecule has 4 atom stereocenters. The maximum atomic E-state index is 12.2. The lowest BCUT2D eigenvalue weighted by atomic mass is 9.89. The van der Waals surface area contributed by atoms with Gasteiger partial charge in [0.05, 0.1) is 0 Å². The van der Waals surface area contributed by atoms with Crippen LogP contribution >= 0.6 is 0 Å². The first-order valence-electron chi connectivity index (χ1n) is 7.95. The first kappa shape index (κ1) is 15.1. The van der Waals surface area contributed by atoms with Gasteiger partial charge in [-0.1, -0.05) is 38.0 Å². The molecule has 20 heavy (non-hydrogen) atoms. The number of unbranched alkanes of at least 4 members (excludes halogenated alkanes) is 2. The van der Waals surface area contributed by atoms with Gasteiger partial charge in [0.1, 0.15) is 0 Å². The first-order valence-corrected chi connectivity index (χ1v) is 7.95. The van der Waals surface area contributed by atoms with Crippen molar-refractivity contribution in [1.29, 1.82) is 0 Å². The molecule has 0 aliphatic heterocycles. The topological polar surface area (TPSA) is 29.1 Å². The molecule has 2 aliphatic rings. The van der Waals surface area contributed by atoms with Crippen LogP contribution < -0.4 is 5.32 Å². The minimum absolute atomic E-state index is 0.140. The number of nitrogens with one attached hydrogen (secondary N) is 1. The van der Waals surface area contributed by atoms with Crippen molar-refractivity contribution in [2.24, 2.45) is 23.7 Å². The number of carbonyl (C=O) groups is 1. The Morgan fingerprint density at radius 1 is 1.35 bits per heavy atom. The largest absolute Gasteiger partial charge is 0.352 e. The van der Waals surface area contributed by atoms with Gasteiger partial charge in [-0.25, -0.2) is 0 Å². The van der Waals surface area contributed by atoms with Gasteiger partial charge >= 0.3 is 0 Å². The van der Waals surface area contributed by atoms with Crippen LogP contribution in [-0.4, -0.2) is 12.5 Å². The third-order valence-electron chi connectivity index (χ3n) is 4.90. The van der Waals surface area contributed by atoms with E-state index in [4.69, 9.17) is 0 Å². The number of allylic oxidation sites excluding steroid dienone is 3. The second-order valence-electron chi connectivity index (χ2n) is 6.14. The van der Waals surface area contributed by atoms with Crippen molar-refractivity contribution >= 4 is 5.91 Å². The molecule has 2 nitrogen and oxygen atoms in total. The van der Waals surface area contributed by atoms with Crippen LogP contribution in [0.15, 0.2) is 37.0 Å². The summed E-state index contributed by atoms with van der Waals surface area (Å²) >= 11 is 0. The Morgan fingerprint density at radius 3 is 2.75 bits per heavy atom. The fourth-order valence-corrected chi connectivity index (χ4v) is 3.72. The summed E-state index contributed by atoms with van der Waals surface area (Å²) in [5.41, 5.74) is 0.981. The summed E-state index contributed by atoms with van der Waals surface area (Å²) in [6.45, 7) is 10.9. The lowest BCUT2D eigenvalue weighted by Gasteiger charge is -2.15. The molecule has 2 rings (SSSR count). The standard InChI is InChI=1S/C18H27NO/c1-4-7-8-9-19-18(20)15-11-16-13(5-2)10-14(6-3)17(16)12-15/h5-6,11,13-14,16-17H,2-4,7-10,12H2,1H3,(H,19,20). The van der Waals surface area contributed by atoms with E-state index in [-0.39, 0.29) is 5.91 Å². The molecule has 0 aromatic rings. The molecule has 2 heteroatoms. The monoisotopic (exact) mass is 273 g/mol. The van der Waals surface area contributed by atoms with Crippen molar-refractivity contribution in [1.82, 2.24) is 5.32 Å². The molecule has 0 saturated heterocycles. The summed E-state index contributed by atoms with van der Waals surface area (Å²) < 4.78 is 0. The molecule has 1 saturated carbocycles. The van der Waals surface area contributed by atoms with Crippen LogP contribution in [0.2, 0.25) is 0 Å². The summed E-state index contributed by atoms with van der Waals surface area (Å²) in [6, 6.07) is 0. The van der Waals surface area contributed by atoms with E-state index < -0.39 is 0 Å². The van der Waals surface area contributed by atoms with Crippen molar-refractivity contribution in [3.05, 3.63) is 37.0 Å². The quantitative estimate of drug-likeness (QED) is 0.554. The highest BCUT2D eigenvalue weighted by Crippen LogP contribution is 2.50. The summed E-state index contributed by atoms with van der Waals surface area (Å²) in [7, 11) is 0. The van der Waals surface area contributed by atoms with Gasteiger partial charge in [0.25, 0.3) is 0 Å². The average Bonchev–Trinajstić information content (AvgIpc) is 3.01. The highest BCUT2D eigenvalue weighted by molar-refractivity contribution is 5.94. The van der Waals surface area contributed by atoms with E-state index in [0.717, 1.165) is 31.4 Å². The van der Waals surface area contributed by atoms with E-state index >= 15 is 0 Å². The molecule has 1 amide bonds. The smallest absolute Gasteiger partial charge is 0.246 e. The highest BCUT2D eigenvalue weighted by Gasteiger charge is 2.43. The van der Waals surface area contributed by atoms with Gasteiger partial charge in [0.2, 0.25) is 5.91 Å². The molecular formula is C18H27NO. The normalized spacial score (nSPS) is 31.6. The molecule has 0 heterocycles. The van der Waals surface area contributed by atoms with Gasteiger partial charge in [-0.3, -0.25) is 4.79 Å². The minimum atomic E-state index is 0.140. The summed E-state index contributed by atoms with van der Waals surface area (Å²) in [5.74, 6) is 2.23. The fourth-order valence-electron chi connectivity index (χ4n) is 3.72.